The fraction of sp³-hybridized carbons (Fsp3) is 0. The van der Waals surface area contributed by atoms with E-state index in [-0.39, 0.29) is 0 Å². The average molecular weight is 1010 g/mol. The molecule has 370 valence electrons. The topological polar surface area (TPSA) is 3.24 Å². The van der Waals surface area contributed by atoms with E-state index in [1.807, 2.05) is 0 Å². The summed E-state index contributed by atoms with van der Waals surface area (Å²) in [4.78, 5) is 3.59. The highest BCUT2D eigenvalue weighted by Gasteiger charge is 2.19. The Hall–Kier alpha value is -9.86. The largest absolute Gasteiger partial charge is 0.311 e. The Morgan fingerprint density at radius 2 is 0.487 bits per heavy atom. The summed E-state index contributed by atoms with van der Waals surface area (Å²) >= 11 is 1.74. The summed E-state index contributed by atoms with van der Waals surface area (Å²) in [5.74, 6) is 0. The van der Waals surface area contributed by atoms with Crippen LogP contribution in [0.2, 0.25) is 0 Å². The summed E-state index contributed by atoms with van der Waals surface area (Å²) in [5.41, 5.74) is 23.2. The molecular formula is C76H55NS. The third-order valence-electron chi connectivity index (χ3n) is 14.3. The molecule has 2 heteroatoms. The summed E-state index contributed by atoms with van der Waals surface area (Å²) in [6, 6.07) is 114. The molecule has 0 saturated heterocycles. The molecule has 0 aliphatic rings. The van der Waals surface area contributed by atoms with Gasteiger partial charge in [0.1, 0.15) is 0 Å². The van der Waals surface area contributed by atoms with E-state index in [2.05, 4.69) is 338 Å². The summed E-state index contributed by atoms with van der Waals surface area (Å²) in [6.07, 6.45) is 4.37. The number of hydrogen-bond acceptors (Lipinski definition) is 2. The average Bonchev–Trinajstić information content (AvgIpc) is 4.06. The Kier molecular flexibility index (Phi) is 14.7. The van der Waals surface area contributed by atoms with Crippen LogP contribution >= 0.6 is 11.3 Å². The molecule has 0 radical (unpaired) electrons. The van der Waals surface area contributed by atoms with Crippen LogP contribution in [0, 0.1) is 0 Å². The maximum atomic E-state index is 2.35. The molecular weight excluding hydrogens is 959 g/mol. The van der Waals surface area contributed by atoms with Crippen LogP contribution in [0.25, 0.3) is 56.7 Å². The minimum atomic E-state index is 1.08. The molecule has 0 atom stereocenters. The number of benzene rings is 11. The third-order valence-corrected chi connectivity index (χ3v) is 15.1. The van der Waals surface area contributed by atoms with E-state index in [1.165, 1.54) is 60.6 Å². The van der Waals surface area contributed by atoms with E-state index >= 15 is 0 Å². The zero-order valence-corrected chi connectivity index (χ0v) is 43.9. The van der Waals surface area contributed by atoms with Crippen LogP contribution in [-0.2, 0) is 0 Å². The smallest absolute Gasteiger partial charge is 0.0462 e. The monoisotopic (exact) mass is 1010 g/mol. The highest BCUT2D eigenvalue weighted by atomic mass is 32.1. The molecule has 0 N–H and O–H groups in total. The van der Waals surface area contributed by atoms with Gasteiger partial charge in [0.2, 0.25) is 0 Å². The molecule has 0 amide bonds. The molecule has 0 spiro atoms. The maximum absolute atomic E-state index is 2.35. The van der Waals surface area contributed by atoms with Gasteiger partial charge in [0.15, 0.2) is 0 Å². The Labute approximate surface area is 463 Å². The van der Waals surface area contributed by atoms with Crippen molar-refractivity contribution in [1.29, 1.82) is 0 Å². The SMILES string of the molecule is C(=C\c1cccs1)/c1ccc(N(c2ccc(-c3ccc(C(=C(c4ccccc4)c4ccccc4)c4ccccc4)cc3)cc2)c2ccc(-c3ccc(C(=C(c4ccccc4)c4ccccc4)c4ccccc4)cc3)cc2)cc1. The highest BCUT2D eigenvalue weighted by Crippen LogP contribution is 2.41. The normalized spacial score (nSPS) is 11.0. The first-order valence-electron chi connectivity index (χ1n) is 26.5. The molecule has 0 unspecified atom stereocenters. The number of hydrogen-bond donors (Lipinski definition) is 0. The Balaban J connectivity index is 0.876. The summed E-state index contributed by atoms with van der Waals surface area (Å²) in [6.45, 7) is 0. The second-order valence-corrected chi connectivity index (χ2v) is 20.2. The van der Waals surface area contributed by atoms with Gasteiger partial charge in [-0.1, -0.05) is 279 Å². The van der Waals surface area contributed by atoms with Gasteiger partial charge in [-0.15, -0.1) is 11.3 Å². The Morgan fingerprint density at radius 3 is 0.756 bits per heavy atom. The van der Waals surface area contributed by atoms with Crippen molar-refractivity contribution in [1.82, 2.24) is 0 Å². The van der Waals surface area contributed by atoms with Crippen molar-refractivity contribution in [3.63, 3.8) is 0 Å². The van der Waals surface area contributed by atoms with Crippen LogP contribution in [-0.4, -0.2) is 0 Å². The van der Waals surface area contributed by atoms with Gasteiger partial charge in [-0.05, 0) is 149 Å². The lowest BCUT2D eigenvalue weighted by Gasteiger charge is -2.26. The lowest BCUT2D eigenvalue weighted by atomic mass is 9.85. The van der Waals surface area contributed by atoms with Gasteiger partial charge in [0.05, 0.1) is 0 Å². The molecule has 0 aliphatic heterocycles. The van der Waals surface area contributed by atoms with Crippen molar-refractivity contribution >= 4 is 62.8 Å². The van der Waals surface area contributed by atoms with Gasteiger partial charge >= 0.3 is 0 Å². The number of anilines is 3. The number of rotatable bonds is 15. The zero-order valence-electron chi connectivity index (χ0n) is 43.1. The van der Waals surface area contributed by atoms with Gasteiger partial charge in [-0.3, -0.25) is 0 Å². The molecule has 0 bridgehead atoms. The van der Waals surface area contributed by atoms with E-state index in [1.54, 1.807) is 11.3 Å². The van der Waals surface area contributed by atoms with Crippen molar-refractivity contribution in [2.24, 2.45) is 0 Å². The second-order valence-electron chi connectivity index (χ2n) is 19.2. The Bertz CT molecular complexity index is 3640. The predicted octanol–water partition coefficient (Wildman–Crippen LogP) is 20.7. The first-order chi connectivity index (χ1) is 38.7. The fourth-order valence-electron chi connectivity index (χ4n) is 10.5. The molecule has 0 aliphatic carbocycles. The quantitative estimate of drug-likeness (QED) is 0.0925. The van der Waals surface area contributed by atoms with Gasteiger partial charge in [-0.2, -0.15) is 0 Å². The standard InChI is InChI=1S/C76H55NS/c1-7-20-61(21-8-1)73(62-22-9-2-10-23-62)75(65-28-15-5-16-29-65)67-40-36-57(37-41-67)59-44-50-70(51-45-59)77(69-48-33-56(34-49-69)35-54-72-32-19-55-78-72)71-52-46-60(47-53-71)58-38-42-68(43-39-58)76(66-30-17-6-18-31-66)74(63-24-11-3-12-25-63)64-26-13-4-14-27-64/h1-55H/b54-35+. The van der Waals surface area contributed by atoms with Crippen molar-refractivity contribution in [3.8, 4) is 22.3 Å². The van der Waals surface area contributed by atoms with Gasteiger partial charge < -0.3 is 4.90 Å². The van der Waals surface area contributed by atoms with Crippen molar-refractivity contribution in [3.05, 3.63) is 376 Å². The number of nitrogens with zero attached hydrogens (tertiary/aromatic N) is 1. The van der Waals surface area contributed by atoms with Crippen LogP contribution < -0.4 is 4.90 Å². The molecule has 1 aromatic heterocycles. The summed E-state index contributed by atoms with van der Waals surface area (Å²) < 4.78 is 0. The van der Waals surface area contributed by atoms with Gasteiger partial charge in [0, 0.05) is 21.9 Å². The molecule has 12 rings (SSSR count). The van der Waals surface area contributed by atoms with Crippen LogP contribution in [0.5, 0.6) is 0 Å². The molecule has 78 heavy (non-hydrogen) atoms. The van der Waals surface area contributed by atoms with Crippen LogP contribution in [0.15, 0.2) is 321 Å². The lowest BCUT2D eigenvalue weighted by Crippen LogP contribution is -2.09. The summed E-state index contributed by atoms with van der Waals surface area (Å²) in [5, 5.41) is 2.11. The van der Waals surface area contributed by atoms with Crippen molar-refractivity contribution < 1.29 is 0 Å². The van der Waals surface area contributed by atoms with Crippen molar-refractivity contribution in [2.75, 3.05) is 4.90 Å². The van der Waals surface area contributed by atoms with E-state index in [0.29, 0.717) is 0 Å². The predicted molar refractivity (Wildman–Crippen MR) is 334 cm³/mol. The van der Waals surface area contributed by atoms with E-state index in [9.17, 15) is 0 Å². The Morgan fingerprint density at radius 1 is 0.231 bits per heavy atom. The van der Waals surface area contributed by atoms with Crippen LogP contribution in [0.3, 0.4) is 0 Å². The molecule has 0 fully saturated rings. The molecule has 0 saturated carbocycles. The molecule has 1 heterocycles. The van der Waals surface area contributed by atoms with Gasteiger partial charge in [0.25, 0.3) is 0 Å². The van der Waals surface area contributed by atoms with Crippen LogP contribution in [0.4, 0.5) is 17.1 Å². The van der Waals surface area contributed by atoms with Gasteiger partial charge in [-0.25, -0.2) is 0 Å². The van der Waals surface area contributed by atoms with Crippen molar-refractivity contribution in [2.45, 2.75) is 0 Å². The second kappa shape index (κ2) is 23.4. The lowest BCUT2D eigenvalue weighted by molar-refractivity contribution is 1.28. The zero-order chi connectivity index (χ0) is 52.3. The first-order valence-corrected chi connectivity index (χ1v) is 27.4. The molecule has 1 nitrogen and oxygen atoms in total. The third kappa shape index (κ3) is 10.9. The minimum Gasteiger partial charge on any atom is -0.311 e. The van der Waals surface area contributed by atoms with Crippen LogP contribution in [0.1, 0.15) is 54.9 Å². The number of thiophene rings is 1. The summed E-state index contributed by atoms with van der Waals surface area (Å²) in [7, 11) is 0. The molecule has 12 aromatic rings. The van der Waals surface area contributed by atoms with E-state index < -0.39 is 0 Å². The van der Waals surface area contributed by atoms with E-state index in [4.69, 9.17) is 0 Å². The van der Waals surface area contributed by atoms with E-state index in [0.717, 1.165) is 56.0 Å². The first kappa shape index (κ1) is 49.0. The maximum Gasteiger partial charge on any atom is 0.0462 e. The highest BCUT2D eigenvalue weighted by molar-refractivity contribution is 7.10. The molecule has 11 aromatic carbocycles. The fourth-order valence-corrected chi connectivity index (χ4v) is 11.1. The minimum absolute atomic E-state index is 1.08.